The Morgan fingerprint density at radius 3 is 2.75 bits per heavy atom. The van der Waals surface area contributed by atoms with Gasteiger partial charge in [0.2, 0.25) is 0 Å². The molecule has 52 heavy (non-hydrogen) atoms. The number of amides is 2. The van der Waals surface area contributed by atoms with Crippen LogP contribution in [-0.4, -0.2) is 64.5 Å². The Bertz CT molecular complexity index is 2010. The number of aryl methyl sites for hydroxylation is 2. The summed E-state index contributed by atoms with van der Waals surface area (Å²) in [6.45, 7) is 6.25. The van der Waals surface area contributed by atoms with E-state index in [0.717, 1.165) is 75.9 Å². The molecule has 2 aromatic carbocycles. The maximum atomic E-state index is 14.6. The van der Waals surface area contributed by atoms with Gasteiger partial charge in [0.1, 0.15) is 15.7 Å². The van der Waals surface area contributed by atoms with E-state index in [9.17, 15) is 13.8 Å². The van der Waals surface area contributed by atoms with Gasteiger partial charge in [0.05, 0.1) is 42.0 Å². The summed E-state index contributed by atoms with van der Waals surface area (Å²) >= 11 is 0. The van der Waals surface area contributed by atoms with Gasteiger partial charge < -0.3 is 14.4 Å². The summed E-state index contributed by atoms with van der Waals surface area (Å²) in [5.41, 5.74) is 5.32. The number of hydrogen-bond acceptors (Lipinski definition) is 7. The number of methoxy groups -OCH3 is 1. The molecule has 10 nitrogen and oxygen atoms in total. The van der Waals surface area contributed by atoms with E-state index in [1.807, 2.05) is 19.1 Å². The number of aromatic nitrogens is 2. The SMILES string of the molecule is CO[C@H]1/C=C/C[C@H](C)CS(=O)(NC(=O)c2cnn(C3CCC3)c2)=NC(=O)c2ccc3c(c2)N(C[C@@H]2CC[C@H]21)C[C@@]1(CCCc2cc(C)ccc21)CO3. The van der Waals surface area contributed by atoms with Crippen molar-refractivity contribution in [3.8, 4) is 5.75 Å². The molecule has 276 valence electrons. The Kier molecular flexibility index (Phi) is 9.53. The van der Waals surface area contributed by atoms with Crippen LogP contribution in [0.1, 0.15) is 102 Å². The van der Waals surface area contributed by atoms with Crippen LogP contribution in [0.15, 0.2) is 65.3 Å². The number of allylic oxidation sites excluding steroid dienone is 1. The van der Waals surface area contributed by atoms with Crippen LogP contribution in [0, 0.1) is 24.7 Å². The molecule has 11 heteroatoms. The Morgan fingerprint density at radius 2 is 1.98 bits per heavy atom. The highest BCUT2D eigenvalue weighted by Gasteiger charge is 2.44. The molecule has 8 rings (SSSR count). The van der Waals surface area contributed by atoms with Crippen molar-refractivity contribution in [1.29, 1.82) is 0 Å². The fourth-order valence-corrected chi connectivity index (χ4v) is 10.9. The van der Waals surface area contributed by atoms with Crippen LogP contribution in [0.3, 0.4) is 0 Å². The summed E-state index contributed by atoms with van der Waals surface area (Å²) in [7, 11) is -1.73. The molecule has 2 saturated carbocycles. The predicted molar refractivity (Wildman–Crippen MR) is 202 cm³/mol. The van der Waals surface area contributed by atoms with Gasteiger partial charge in [-0.2, -0.15) is 5.10 Å². The minimum atomic E-state index is -3.51. The van der Waals surface area contributed by atoms with Gasteiger partial charge in [-0.1, -0.05) is 42.8 Å². The molecule has 1 aromatic heterocycles. The van der Waals surface area contributed by atoms with Crippen LogP contribution < -0.4 is 14.4 Å². The second-order valence-corrected chi connectivity index (χ2v) is 18.0. The molecule has 2 aliphatic heterocycles. The number of nitrogens with zero attached hydrogens (tertiary/aromatic N) is 4. The molecule has 0 radical (unpaired) electrons. The highest BCUT2D eigenvalue weighted by molar-refractivity contribution is 7.92. The molecular formula is C41H51N5O5S. The zero-order valence-corrected chi connectivity index (χ0v) is 31.4. The number of carbonyl (C=O) groups is 2. The van der Waals surface area contributed by atoms with Crippen LogP contribution in [-0.2, 0) is 26.5 Å². The zero-order valence-electron chi connectivity index (χ0n) is 30.6. The fraction of sp³-hybridized carbons (Fsp3) is 0.537. The van der Waals surface area contributed by atoms with Gasteiger partial charge in [-0.15, -0.1) is 4.36 Å². The van der Waals surface area contributed by atoms with Gasteiger partial charge in [0.25, 0.3) is 11.8 Å². The second-order valence-electron chi connectivity index (χ2n) is 16.0. The number of hydrogen-bond donors (Lipinski definition) is 1. The Hall–Kier alpha value is -3.96. The van der Waals surface area contributed by atoms with Gasteiger partial charge in [0.15, 0.2) is 0 Å². The Balaban J connectivity index is 1.17. The third-order valence-electron chi connectivity index (χ3n) is 12.3. The molecule has 1 unspecified atom stereocenters. The number of carbonyl (C=O) groups excluding carboxylic acids is 2. The highest BCUT2D eigenvalue weighted by Crippen LogP contribution is 2.47. The van der Waals surface area contributed by atoms with Crippen molar-refractivity contribution < 1.29 is 23.3 Å². The maximum Gasteiger partial charge on any atom is 0.286 e. The van der Waals surface area contributed by atoms with Gasteiger partial charge in [0, 0.05) is 37.4 Å². The lowest BCUT2D eigenvalue weighted by Gasteiger charge is -2.46. The summed E-state index contributed by atoms with van der Waals surface area (Å²) in [5.74, 6) is 0.237. The first-order valence-corrected chi connectivity index (χ1v) is 20.8. The predicted octanol–water partition coefficient (Wildman–Crippen LogP) is 6.98. The van der Waals surface area contributed by atoms with Crippen molar-refractivity contribution in [1.82, 2.24) is 14.5 Å². The first-order chi connectivity index (χ1) is 25.1. The number of fused-ring (bicyclic) bond motifs is 4. The molecule has 1 spiro atoms. The van der Waals surface area contributed by atoms with Crippen molar-refractivity contribution in [3.05, 3.63) is 88.8 Å². The van der Waals surface area contributed by atoms with E-state index < -0.39 is 21.7 Å². The third-order valence-corrected chi connectivity index (χ3v) is 14.3. The van der Waals surface area contributed by atoms with E-state index >= 15 is 0 Å². The first-order valence-electron chi connectivity index (χ1n) is 19.1. The summed E-state index contributed by atoms with van der Waals surface area (Å²) in [5, 5.41) is 4.39. The van der Waals surface area contributed by atoms with Crippen LogP contribution in [0.2, 0.25) is 0 Å². The minimum Gasteiger partial charge on any atom is -0.490 e. The lowest BCUT2D eigenvalue weighted by Crippen LogP contribution is -2.49. The van der Waals surface area contributed by atoms with Crippen molar-refractivity contribution in [2.24, 2.45) is 22.1 Å². The van der Waals surface area contributed by atoms with Crippen LogP contribution in [0.4, 0.5) is 5.69 Å². The normalized spacial score (nSPS) is 31.1. The third kappa shape index (κ3) is 6.82. The standard InChI is InChI=1S/C41H51N5O5S/c1-27-12-16-35-29(19-27)8-6-18-41(35)25-45-22-31-13-15-34(31)37(50-3)11-4-7-28(2)24-52(49,43-39(47)30-14-17-38(51-26-41)36(45)20-30)44-40(48)32-21-42-46(23-32)33-9-5-10-33/h4,11-12,14,16-17,19-21,23,28,31,33-34,37H,5-10,13,15,18,22,24-26H2,1-3H3,(H,43,44,47,48,49)/b11-4+/t28-,31-,34+,37-,41-,52?/m0/s1. The number of ether oxygens (including phenoxy) is 2. The lowest BCUT2D eigenvalue weighted by atomic mass is 9.68. The smallest absolute Gasteiger partial charge is 0.286 e. The monoisotopic (exact) mass is 725 g/mol. The van der Waals surface area contributed by atoms with Crippen LogP contribution >= 0.6 is 0 Å². The Morgan fingerprint density at radius 1 is 1.12 bits per heavy atom. The first kappa shape index (κ1) is 35.1. The van der Waals surface area contributed by atoms with E-state index in [0.29, 0.717) is 36.0 Å². The van der Waals surface area contributed by atoms with Gasteiger partial charge in [-0.3, -0.25) is 19.0 Å². The van der Waals surface area contributed by atoms with Crippen molar-refractivity contribution in [2.75, 3.05) is 37.5 Å². The molecule has 5 aliphatic rings. The van der Waals surface area contributed by atoms with E-state index in [2.05, 4.69) is 56.4 Å². The number of anilines is 1. The summed E-state index contributed by atoms with van der Waals surface area (Å²) in [6.07, 6.45) is 16.6. The van der Waals surface area contributed by atoms with Gasteiger partial charge >= 0.3 is 0 Å². The van der Waals surface area contributed by atoms with Gasteiger partial charge in [-0.05, 0) is 112 Å². The molecule has 3 heterocycles. The number of benzene rings is 2. The van der Waals surface area contributed by atoms with Crippen LogP contribution in [0.5, 0.6) is 5.75 Å². The van der Waals surface area contributed by atoms with Crippen LogP contribution in [0.25, 0.3) is 0 Å². The van der Waals surface area contributed by atoms with Crippen molar-refractivity contribution in [3.63, 3.8) is 0 Å². The number of rotatable bonds is 4. The average Bonchev–Trinajstić information content (AvgIpc) is 3.50. The Labute approximate surface area is 307 Å². The molecule has 3 aliphatic carbocycles. The molecule has 2 amide bonds. The second kappa shape index (κ2) is 14.1. The number of nitrogens with one attached hydrogen (secondary N) is 1. The lowest BCUT2D eigenvalue weighted by molar-refractivity contribution is 0.0131. The van der Waals surface area contributed by atoms with Crippen molar-refractivity contribution in [2.45, 2.75) is 89.2 Å². The molecule has 1 N–H and O–H groups in total. The molecular weight excluding hydrogens is 675 g/mol. The summed E-state index contributed by atoms with van der Waals surface area (Å²) in [4.78, 5) is 30.0. The highest BCUT2D eigenvalue weighted by atomic mass is 32.2. The van der Waals surface area contributed by atoms with E-state index in [-0.39, 0.29) is 29.2 Å². The molecule has 2 fully saturated rings. The largest absolute Gasteiger partial charge is 0.490 e. The minimum absolute atomic E-state index is 0.0247. The fourth-order valence-electron chi connectivity index (χ4n) is 9.04. The maximum absolute atomic E-state index is 14.6. The topological polar surface area (TPSA) is 115 Å². The van der Waals surface area contributed by atoms with Crippen molar-refractivity contribution >= 4 is 27.4 Å². The van der Waals surface area contributed by atoms with E-state index in [4.69, 9.17) is 9.47 Å². The molecule has 0 saturated heterocycles. The quantitative estimate of drug-likeness (QED) is 0.289. The van der Waals surface area contributed by atoms with E-state index in [1.165, 1.54) is 22.9 Å². The molecule has 6 atom stereocenters. The summed E-state index contributed by atoms with van der Waals surface area (Å²) in [6, 6.07) is 12.6. The average molecular weight is 726 g/mol. The van der Waals surface area contributed by atoms with Gasteiger partial charge in [-0.25, -0.2) is 4.21 Å². The molecule has 3 aromatic rings. The summed E-state index contributed by atoms with van der Waals surface area (Å²) < 4.78 is 36.2. The van der Waals surface area contributed by atoms with E-state index in [1.54, 1.807) is 24.1 Å². The molecule has 2 bridgehead atoms. The zero-order chi connectivity index (χ0) is 36.0.